The largest absolute Gasteiger partial charge is 0.465 e. The van der Waals surface area contributed by atoms with Crippen molar-refractivity contribution in [3.8, 4) is 0 Å². The molecule has 0 aliphatic carbocycles. The van der Waals surface area contributed by atoms with Gasteiger partial charge in [-0.05, 0) is 12.1 Å². The van der Waals surface area contributed by atoms with E-state index in [0.717, 1.165) is 5.69 Å². The minimum absolute atomic E-state index is 0.343. The SMILES string of the molecule is COC(=O)c1ccccc1NCS. The number of nitrogens with one attached hydrogen (secondary N) is 1. The van der Waals surface area contributed by atoms with Gasteiger partial charge in [0.05, 0.1) is 18.6 Å². The van der Waals surface area contributed by atoms with Crippen LogP contribution in [0.1, 0.15) is 10.4 Å². The van der Waals surface area contributed by atoms with Gasteiger partial charge in [-0.15, -0.1) is 0 Å². The summed E-state index contributed by atoms with van der Waals surface area (Å²) in [4.78, 5) is 11.2. The van der Waals surface area contributed by atoms with E-state index in [-0.39, 0.29) is 5.97 Å². The van der Waals surface area contributed by atoms with Crippen LogP contribution in [-0.4, -0.2) is 19.0 Å². The van der Waals surface area contributed by atoms with Crippen molar-refractivity contribution >= 4 is 24.3 Å². The van der Waals surface area contributed by atoms with Crippen molar-refractivity contribution in [2.75, 3.05) is 18.3 Å². The zero-order chi connectivity index (χ0) is 9.68. The quantitative estimate of drug-likeness (QED) is 0.440. The Morgan fingerprint density at radius 3 is 2.85 bits per heavy atom. The number of hydrogen-bond acceptors (Lipinski definition) is 4. The fraction of sp³-hybridized carbons (Fsp3) is 0.222. The van der Waals surface area contributed by atoms with E-state index in [4.69, 9.17) is 0 Å². The summed E-state index contributed by atoms with van der Waals surface area (Å²) >= 11 is 4.01. The molecule has 0 saturated carbocycles. The lowest BCUT2D eigenvalue weighted by atomic mass is 10.2. The van der Waals surface area contributed by atoms with Gasteiger partial charge in [0.15, 0.2) is 0 Å². The van der Waals surface area contributed by atoms with Gasteiger partial charge in [-0.2, -0.15) is 12.6 Å². The molecule has 1 N–H and O–H groups in total. The molecule has 70 valence electrons. The van der Waals surface area contributed by atoms with Crippen molar-refractivity contribution in [2.24, 2.45) is 0 Å². The molecule has 0 radical (unpaired) electrons. The molecule has 0 bridgehead atoms. The van der Waals surface area contributed by atoms with E-state index in [1.165, 1.54) is 7.11 Å². The fourth-order valence-corrected chi connectivity index (χ4v) is 1.18. The Bertz CT molecular complexity index is 301. The van der Waals surface area contributed by atoms with Crippen LogP contribution in [0.25, 0.3) is 0 Å². The van der Waals surface area contributed by atoms with Crippen LogP contribution in [0.5, 0.6) is 0 Å². The zero-order valence-corrected chi connectivity index (χ0v) is 8.17. The molecule has 0 unspecified atom stereocenters. The van der Waals surface area contributed by atoms with Crippen LogP contribution in [0.2, 0.25) is 0 Å². The Balaban J connectivity index is 2.97. The number of ether oxygens (including phenoxy) is 1. The van der Waals surface area contributed by atoms with E-state index >= 15 is 0 Å². The smallest absolute Gasteiger partial charge is 0.339 e. The summed E-state index contributed by atoms with van der Waals surface area (Å²) in [6.45, 7) is 0. The molecule has 0 aliphatic rings. The average molecular weight is 197 g/mol. The number of para-hydroxylation sites is 1. The molecular weight excluding hydrogens is 186 g/mol. The molecule has 1 rings (SSSR count). The highest BCUT2D eigenvalue weighted by molar-refractivity contribution is 7.80. The Kier molecular flexibility index (Phi) is 3.64. The average Bonchev–Trinajstić information content (AvgIpc) is 2.18. The highest BCUT2D eigenvalue weighted by Crippen LogP contribution is 2.15. The van der Waals surface area contributed by atoms with Gasteiger partial charge in [0, 0.05) is 5.69 Å². The van der Waals surface area contributed by atoms with Crippen LogP contribution in [0, 0.1) is 0 Å². The van der Waals surface area contributed by atoms with Crippen molar-refractivity contribution < 1.29 is 9.53 Å². The highest BCUT2D eigenvalue weighted by atomic mass is 32.1. The first-order valence-electron chi connectivity index (χ1n) is 3.81. The normalized spacial score (nSPS) is 9.38. The number of thiol groups is 1. The third-order valence-corrected chi connectivity index (χ3v) is 1.76. The van der Waals surface area contributed by atoms with Crippen molar-refractivity contribution in [2.45, 2.75) is 0 Å². The summed E-state index contributed by atoms with van der Waals surface area (Å²) in [5, 5.41) is 2.95. The second-order valence-electron chi connectivity index (χ2n) is 2.37. The van der Waals surface area contributed by atoms with Crippen LogP contribution in [0.4, 0.5) is 5.69 Å². The van der Waals surface area contributed by atoms with Gasteiger partial charge >= 0.3 is 5.97 Å². The third-order valence-electron chi connectivity index (χ3n) is 1.60. The van der Waals surface area contributed by atoms with Gasteiger partial charge in [-0.3, -0.25) is 0 Å². The van der Waals surface area contributed by atoms with Gasteiger partial charge in [-0.25, -0.2) is 4.79 Å². The molecule has 0 aliphatic heterocycles. The molecule has 4 heteroatoms. The molecule has 13 heavy (non-hydrogen) atoms. The molecule has 3 nitrogen and oxygen atoms in total. The van der Waals surface area contributed by atoms with Crippen LogP contribution in [-0.2, 0) is 4.74 Å². The van der Waals surface area contributed by atoms with Gasteiger partial charge in [-0.1, -0.05) is 12.1 Å². The van der Waals surface area contributed by atoms with E-state index in [1.54, 1.807) is 12.1 Å². The molecule has 1 aromatic carbocycles. The van der Waals surface area contributed by atoms with Crippen LogP contribution >= 0.6 is 12.6 Å². The molecule has 0 aromatic heterocycles. The number of carbonyl (C=O) groups excluding carboxylic acids is 1. The third kappa shape index (κ3) is 2.39. The monoisotopic (exact) mass is 197 g/mol. The summed E-state index contributed by atoms with van der Waals surface area (Å²) in [6, 6.07) is 7.15. The van der Waals surface area contributed by atoms with Gasteiger partial charge in [0.2, 0.25) is 0 Å². The molecule has 0 saturated heterocycles. The van der Waals surface area contributed by atoms with Gasteiger partial charge < -0.3 is 10.1 Å². The minimum atomic E-state index is -0.343. The second kappa shape index (κ2) is 4.77. The summed E-state index contributed by atoms with van der Waals surface area (Å²) in [7, 11) is 1.36. The Morgan fingerprint density at radius 2 is 2.23 bits per heavy atom. The van der Waals surface area contributed by atoms with Crippen molar-refractivity contribution in [1.29, 1.82) is 0 Å². The summed E-state index contributed by atoms with van der Waals surface area (Å²) in [5.41, 5.74) is 1.27. The predicted molar refractivity (Wildman–Crippen MR) is 55.3 cm³/mol. The number of rotatable bonds is 3. The van der Waals surface area contributed by atoms with E-state index in [2.05, 4.69) is 22.7 Å². The number of carbonyl (C=O) groups is 1. The number of benzene rings is 1. The van der Waals surface area contributed by atoms with E-state index in [0.29, 0.717) is 11.4 Å². The molecule has 0 atom stereocenters. The molecule has 0 fully saturated rings. The fourth-order valence-electron chi connectivity index (χ4n) is 1.01. The molecule has 1 aromatic rings. The van der Waals surface area contributed by atoms with Crippen LogP contribution < -0.4 is 5.32 Å². The van der Waals surface area contributed by atoms with E-state index in [1.807, 2.05) is 12.1 Å². The van der Waals surface area contributed by atoms with Crippen molar-refractivity contribution in [3.63, 3.8) is 0 Å². The number of esters is 1. The summed E-state index contributed by atoms with van der Waals surface area (Å²) in [6.07, 6.45) is 0. The molecular formula is C9H11NO2S. The lowest BCUT2D eigenvalue weighted by Crippen LogP contribution is -2.06. The predicted octanol–water partition coefficient (Wildman–Crippen LogP) is 1.77. The first-order chi connectivity index (χ1) is 6.29. The Morgan fingerprint density at radius 1 is 1.54 bits per heavy atom. The first-order valence-corrected chi connectivity index (χ1v) is 4.45. The van der Waals surface area contributed by atoms with Crippen LogP contribution in [0.3, 0.4) is 0 Å². The van der Waals surface area contributed by atoms with Gasteiger partial charge in [0.25, 0.3) is 0 Å². The number of hydrogen-bond donors (Lipinski definition) is 2. The van der Waals surface area contributed by atoms with E-state index < -0.39 is 0 Å². The maximum Gasteiger partial charge on any atom is 0.339 e. The summed E-state index contributed by atoms with van der Waals surface area (Å²) in [5.74, 6) is 0.137. The maximum atomic E-state index is 11.2. The minimum Gasteiger partial charge on any atom is -0.465 e. The Labute approximate surface area is 82.5 Å². The van der Waals surface area contributed by atoms with Crippen LogP contribution in [0.15, 0.2) is 24.3 Å². The summed E-state index contributed by atoms with van der Waals surface area (Å²) < 4.78 is 4.62. The van der Waals surface area contributed by atoms with Crippen molar-refractivity contribution in [1.82, 2.24) is 0 Å². The second-order valence-corrected chi connectivity index (χ2v) is 2.69. The Hall–Kier alpha value is -1.16. The highest BCUT2D eigenvalue weighted by Gasteiger charge is 2.09. The van der Waals surface area contributed by atoms with Crippen molar-refractivity contribution in [3.05, 3.63) is 29.8 Å². The number of methoxy groups -OCH3 is 1. The lowest BCUT2D eigenvalue weighted by Gasteiger charge is -2.07. The van der Waals surface area contributed by atoms with Gasteiger partial charge in [0.1, 0.15) is 0 Å². The molecule has 0 amide bonds. The number of anilines is 1. The molecule has 0 spiro atoms. The molecule has 0 heterocycles. The van der Waals surface area contributed by atoms with E-state index in [9.17, 15) is 4.79 Å². The maximum absolute atomic E-state index is 11.2. The standard InChI is InChI=1S/C9H11NO2S/c1-12-9(11)7-4-2-3-5-8(7)10-6-13/h2-5,10,13H,6H2,1H3. The topological polar surface area (TPSA) is 38.3 Å². The zero-order valence-electron chi connectivity index (χ0n) is 7.28. The first kappa shape index (κ1) is 9.92. The lowest BCUT2D eigenvalue weighted by molar-refractivity contribution is 0.0602.